The van der Waals surface area contributed by atoms with E-state index in [1.54, 1.807) is 0 Å². The van der Waals surface area contributed by atoms with Crippen molar-refractivity contribution in [3.8, 4) is 0 Å². The maximum Gasteiger partial charge on any atom is 0.0720 e. The Morgan fingerprint density at radius 1 is 1.16 bits per heavy atom. The van der Waals surface area contributed by atoms with E-state index in [-0.39, 0.29) is 12.7 Å². The van der Waals surface area contributed by atoms with Crippen LogP contribution in [0.4, 0.5) is 0 Å². The number of hydrogen-bond donors (Lipinski definition) is 1. The molecule has 1 aromatic carbocycles. The number of aliphatic hydroxyl groups is 1. The molecule has 0 saturated carbocycles. The lowest BCUT2D eigenvalue weighted by Gasteiger charge is -2.23. The van der Waals surface area contributed by atoms with Crippen LogP contribution in [0.1, 0.15) is 44.6 Å². The van der Waals surface area contributed by atoms with Crippen molar-refractivity contribution in [2.75, 3.05) is 6.61 Å². The highest BCUT2D eigenvalue weighted by Crippen LogP contribution is 2.19. The molecule has 1 radical (unpaired) electrons. The Morgan fingerprint density at radius 2 is 1.89 bits per heavy atom. The van der Waals surface area contributed by atoms with Crippen LogP contribution in [0.25, 0.3) is 0 Å². The van der Waals surface area contributed by atoms with Gasteiger partial charge in [-0.15, -0.1) is 0 Å². The van der Waals surface area contributed by atoms with Gasteiger partial charge < -0.3 is 9.84 Å². The molecule has 2 atom stereocenters. The predicted octanol–water partition coefficient (Wildman–Crippen LogP) is 3.98. The van der Waals surface area contributed by atoms with Gasteiger partial charge in [-0.2, -0.15) is 0 Å². The molecule has 107 valence electrons. The number of aliphatic hydroxyl groups excluding tert-OH is 1. The molecule has 2 heteroatoms. The third-order valence-electron chi connectivity index (χ3n) is 3.50. The molecule has 0 heterocycles. The summed E-state index contributed by atoms with van der Waals surface area (Å²) in [6, 6.07) is 10.3. The van der Waals surface area contributed by atoms with Crippen LogP contribution in [-0.2, 0) is 11.3 Å². The van der Waals surface area contributed by atoms with Crippen LogP contribution in [0, 0.1) is 12.8 Å². The van der Waals surface area contributed by atoms with Crippen molar-refractivity contribution in [2.24, 2.45) is 5.92 Å². The second-order valence-electron chi connectivity index (χ2n) is 5.08. The zero-order chi connectivity index (χ0) is 13.9. The first-order valence-electron chi connectivity index (χ1n) is 7.37. The fraction of sp³-hybridized carbons (Fsp3) is 0.588. The van der Waals surface area contributed by atoms with E-state index in [0.29, 0.717) is 12.5 Å². The molecule has 1 rings (SSSR count). The fourth-order valence-electron chi connectivity index (χ4n) is 2.13. The van der Waals surface area contributed by atoms with E-state index in [9.17, 15) is 0 Å². The van der Waals surface area contributed by atoms with Crippen molar-refractivity contribution >= 4 is 0 Å². The minimum atomic E-state index is 0.226. The van der Waals surface area contributed by atoms with Gasteiger partial charge in [-0.05, 0) is 31.2 Å². The number of unbranched alkanes of at least 4 members (excludes halogenated alkanes) is 2. The van der Waals surface area contributed by atoms with Crippen molar-refractivity contribution in [2.45, 2.75) is 51.7 Å². The fourth-order valence-corrected chi connectivity index (χ4v) is 2.13. The standard InChI is InChI=1S/C17H27O2/c1-3-15(2)17(12-8-5-9-13-18)19-14-16-10-6-4-7-11-16/h4,6-7,10-11,15,17-18H,2-3,5,8-9,12-14H2,1H3. The molecule has 1 aromatic rings. The molecule has 0 aliphatic carbocycles. The minimum Gasteiger partial charge on any atom is -0.396 e. The normalized spacial score (nSPS) is 14.3. The van der Waals surface area contributed by atoms with E-state index in [1.807, 2.05) is 18.2 Å². The third kappa shape index (κ3) is 6.74. The largest absolute Gasteiger partial charge is 0.396 e. The maximum atomic E-state index is 8.80. The molecule has 0 fully saturated rings. The Labute approximate surface area is 117 Å². The highest BCUT2D eigenvalue weighted by molar-refractivity contribution is 5.13. The molecular formula is C17H27O2. The van der Waals surface area contributed by atoms with Gasteiger partial charge in [0, 0.05) is 6.61 Å². The molecule has 0 saturated heterocycles. The molecule has 1 N–H and O–H groups in total. The van der Waals surface area contributed by atoms with Crippen LogP contribution in [0.2, 0.25) is 0 Å². The summed E-state index contributed by atoms with van der Waals surface area (Å²) in [5, 5.41) is 8.80. The Hall–Kier alpha value is -0.860. The summed E-state index contributed by atoms with van der Waals surface area (Å²) in [5.74, 6) is 0.345. The van der Waals surface area contributed by atoms with E-state index in [1.165, 1.54) is 5.56 Å². The zero-order valence-electron chi connectivity index (χ0n) is 12.1. The van der Waals surface area contributed by atoms with Gasteiger partial charge in [-0.1, -0.05) is 56.5 Å². The van der Waals surface area contributed by atoms with E-state index < -0.39 is 0 Å². The summed E-state index contributed by atoms with van der Waals surface area (Å²) in [5.41, 5.74) is 1.21. The Kier molecular flexibility index (Phi) is 8.52. The monoisotopic (exact) mass is 263 g/mol. The second kappa shape index (κ2) is 9.99. The average Bonchev–Trinajstić information content (AvgIpc) is 2.47. The Balaban J connectivity index is 2.36. The lowest BCUT2D eigenvalue weighted by Crippen LogP contribution is -2.21. The van der Waals surface area contributed by atoms with Crippen LogP contribution in [0.15, 0.2) is 30.3 Å². The molecule has 0 bridgehead atoms. The van der Waals surface area contributed by atoms with Crippen molar-refractivity contribution < 1.29 is 9.84 Å². The number of ether oxygens (including phenoxy) is 1. The van der Waals surface area contributed by atoms with Gasteiger partial charge >= 0.3 is 0 Å². The first kappa shape index (κ1) is 16.2. The highest BCUT2D eigenvalue weighted by atomic mass is 16.5. The first-order chi connectivity index (χ1) is 9.27. The van der Waals surface area contributed by atoms with E-state index in [0.717, 1.165) is 32.1 Å². The van der Waals surface area contributed by atoms with Crippen LogP contribution in [0.5, 0.6) is 0 Å². The summed E-state index contributed by atoms with van der Waals surface area (Å²) < 4.78 is 6.04. The number of hydrogen-bond acceptors (Lipinski definition) is 2. The summed E-state index contributed by atoms with van der Waals surface area (Å²) >= 11 is 0. The molecule has 0 amide bonds. The topological polar surface area (TPSA) is 29.5 Å². The van der Waals surface area contributed by atoms with Crippen LogP contribution >= 0.6 is 0 Å². The summed E-state index contributed by atoms with van der Waals surface area (Å²) in [6.45, 7) is 7.30. The van der Waals surface area contributed by atoms with Gasteiger partial charge in [0.25, 0.3) is 0 Å². The van der Waals surface area contributed by atoms with Crippen molar-refractivity contribution in [3.63, 3.8) is 0 Å². The maximum absolute atomic E-state index is 8.80. The highest BCUT2D eigenvalue weighted by Gasteiger charge is 2.16. The number of rotatable bonds is 10. The van der Waals surface area contributed by atoms with Gasteiger partial charge in [0.05, 0.1) is 12.7 Å². The molecule has 0 aliphatic rings. The van der Waals surface area contributed by atoms with Crippen molar-refractivity contribution in [3.05, 3.63) is 42.8 Å². The third-order valence-corrected chi connectivity index (χ3v) is 3.50. The summed E-state index contributed by atoms with van der Waals surface area (Å²) in [4.78, 5) is 0. The van der Waals surface area contributed by atoms with Gasteiger partial charge in [0.1, 0.15) is 0 Å². The molecule has 2 nitrogen and oxygen atoms in total. The Morgan fingerprint density at radius 3 is 2.53 bits per heavy atom. The van der Waals surface area contributed by atoms with Crippen LogP contribution in [0.3, 0.4) is 0 Å². The molecule has 0 aliphatic heterocycles. The van der Waals surface area contributed by atoms with Crippen LogP contribution in [-0.4, -0.2) is 17.8 Å². The summed E-state index contributed by atoms with van der Waals surface area (Å²) in [7, 11) is 0. The molecule has 19 heavy (non-hydrogen) atoms. The predicted molar refractivity (Wildman–Crippen MR) is 79.7 cm³/mol. The van der Waals surface area contributed by atoms with Crippen molar-refractivity contribution in [1.82, 2.24) is 0 Å². The van der Waals surface area contributed by atoms with Crippen LogP contribution < -0.4 is 0 Å². The molecule has 2 unspecified atom stereocenters. The number of benzene rings is 1. The molecular weight excluding hydrogens is 236 g/mol. The van der Waals surface area contributed by atoms with Gasteiger partial charge in [-0.25, -0.2) is 0 Å². The van der Waals surface area contributed by atoms with E-state index >= 15 is 0 Å². The average molecular weight is 263 g/mol. The Bertz CT molecular complexity index is 310. The van der Waals surface area contributed by atoms with Gasteiger partial charge in [0.15, 0.2) is 0 Å². The molecule has 0 spiro atoms. The quantitative estimate of drug-likeness (QED) is 0.647. The van der Waals surface area contributed by atoms with Gasteiger partial charge in [0.2, 0.25) is 0 Å². The second-order valence-corrected chi connectivity index (χ2v) is 5.08. The molecule has 0 aromatic heterocycles. The lowest BCUT2D eigenvalue weighted by atomic mass is 9.96. The lowest BCUT2D eigenvalue weighted by molar-refractivity contribution is 0.00471. The zero-order valence-corrected chi connectivity index (χ0v) is 12.1. The minimum absolute atomic E-state index is 0.226. The SMILES string of the molecule is [CH2]C(CC)C(CCCCCO)OCc1ccccc1. The van der Waals surface area contributed by atoms with Crippen molar-refractivity contribution in [1.29, 1.82) is 0 Å². The van der Waals surface area contributed by atoms with E-state index in [2.05, 4.69) is 26.0 Å². The first-order valence-corrected chi connectivity index (χ1v) is 7.37. The van der Waals surface area contributed by atoms with Gasteiger partial charge in [-0.3, -0.25) is 0 Å². The summed E-state index contributed by atoms with van der Waals surface area (Å²) in [6.07, 6.45) is 5.36. The smallest absolute Gasteiger partial charge is 0.0720 e. The van der Waals surface area contributed by atoms with E-state index in [4.69, 9.17) is 9.84 Å².